The fourth-order valence-corrected chi connectivity index (χ4v) is 2.75. The quantitative estimate of drug-likeness (QED) is 0.445. The fourth-order valence-electron chi connectivity index (χ4n) is 2.39. The lowest BCUT2D eigenvalue weighted by Gasteiger charge is -2.04. The fraction of sp³-hybridized carbons (Fsp3) is 0.0769. The van der Waals surface area contributed by atoms with E-state index >= 15 is 0 Å². The van der Waals surface area contributed by atoms with E-state index in [2.05, 4.69) is 51.4 Å². The Bertz CT molecular complexity index is 973. The molecule has 0 saturated heterocycles. The summed E-state index contributed by atoms with van der Waals surface area (Å²) >= 11 is 3.47. The van der Waals surface area contributed by atoms with E-state index in [1.165, 1.54) is 6.33 Å². The number of rotatable bonds is 3. The number of nitrogen functional groups attached to an aromatic ring is 1. The lowest BCUT2D eigenvalue weighted by molar-refractivity contribution is 0.948. The second-order valence-electron chi connectivity index (χ2n) is 4.75. The molecule has 0 radical (unpaired) electrons. The number of H-pyrrole nitrogens is 2. The molecule has 0 amide bonds. The number of halogens is 1. The first-order valence-electron chi connectivity index (χ1n) is 6.53. The maximum absolute atomic E-state index is 5.49. The van der Waals surface area contributed by atoms with Crippen molar-refractivity contribution in [2.75, 3.05) is 11.1 Å². The van der Waals surface area contributed by atoms with Crippen LogP contribution in [0.1, 0.15) is 5.82 Å². The van der Waals surface area contributed by atoms with Crippen molar-refractivity contribution in [1.82, 2.24) is 30.1 Å². The second kappa shape index (κ2) is 4.95. The Morgan fingerprint density at radius 3 is 3.00 bits per heavy atom. The SMILES string of the molecule is Nc1n[nH]c(CNc2ncnc3[nH]c4cc(Br)ccc4c23)n1. The number of hydrogen-bond donors (Lipinski definition) is 4. The standard InChI is InChI=1S/C13H11BrN8/c14-6-1-2-7-8(3-6)19-12-10(7)11(17-5-18-12)16-4-9-20-13(15)22-21-9/h1-3,5H,4H2,(H3,15,20,21,22)(H2,16,17,18,19). The van der Waals surface area contributed by atoms with Gasteiger partial charge in [-0.25, -0.2) is 9.97 Å². The van der Waals surface area contributed by atoms with Crippen molar-refractivity contribution in [2.45, 2.75) is 6.54 Å². The molecule has 0 aliphatic carbocycles. The molecule has 0 aliphatic heterocycles. The molecule has 0 unspecified atom stereocenters. The normalized spacial score (nSPS) is 11.3. The number of nitrogens with two attached hydrogens (primary N) is 1. The molecule has 5 N–H and O–H groups in total. The summed E-state index contributed by atoms with van der Waals surface area (Å²) in [5.41, 5.74) is 7.27. The third-order valence-electron chi connectivity index (χ3n) is 3.32. The van der Waals surface area contributed by atoms with Crippen molar-refractivity contribution in [3.8, 4) is 0 Å². The Balaban J connectivity index is 1.78. The molecule has 0 bridgehead atoms. The van der Waals surface area contributed by atoms with Gasteiger partial charge < -0.3 is 16.0 Å². The lowest BCUT2D eigenvalue weighted by atomic mass is 10.2. The van der Waals surface area contributed by atoms with E-state index in [0.29, 0.717) is 12.4 Å². The first kappa shape index (κ1) is 13.0. The van der Waals surface area contributed by atoms with Gasteiger partial charge in [0.1, 0.15) is 23.6 Å². The van der Waals surface area contributed by atoms with Crippen molar-refractivity contribution >= 4 is 49.6 Å². The van der Waals surface area contributed by atoms with Crippen LogP contribution in [0.3, 0.4) is 0 Å². The minimum Gasteiger partial charge on any atom is -0.367 e. The molecule has 3 aromatic heterocycles. The second-order valence-corrected chi connectivity index (χ2v) is 5.67. The summed E-state index contributed by atoms with van der Waals surface area (Å²) in [6.07, 6.45) is 1.52. The number of anilines is 2. The van der Waals surface area contributed by atoms with Crippen LogP contribution in [0.5, 0.6) is 0 Å². The number of fused-ring (bicyclic) bond motifs is 3. The van der Waals surface area contributed by atoms with Crippen LogP contribution < -0.4 is 11.1 Å². The summed E-state index contributed by atoms with van der Waals surface area (Å²) < 4.78 is 1.01. The number of aromatic nitrogens is 6. The van der Waals surface area contributed by atoms with Crippen molar-refractivity contribution in [3.63, 3.8) is 0 Å². The largest absolute Gasteiger partial charge is 0.367 e. The van der Waals surface area contributed by atoms with E-state index in [1.54, 1.807) is 0 Å². The molecular formula is C13H11BrN8. The van der Waals surface area contributed by atoms with Gasteiger partial charge in [-0.15, -0.1) is 5.10 Å². The Labute approximate surface area is 132 Å². The zero-order valence-corrected chi connectivity index (χ0v) is 12.8. The van der Waals surface area contributed by atoms with Gasteiger partial charge >= 0.3 is 0 Å². The molecule has 0 spiro atoms. The summed E-state index contributed by atoms with van der Waals surface area (Å²) in [4.78, 5) is 16.0. The molecule has 110 valence electrons. The first-order chi connectivity index (χ1) is 10.7. The number of benzene rings is 1. The predicted octanol–water partition coefficient (Wildman–Crippen LogP) is 2.19. The number of aromatic amines is 2. The maximum atomic E-state index is 5.49. The molecule has 22 heavy (non-hydrogen) atoms. The molecule has 8 nitrogen and oxygen atoms in total. The monoisotopic (exact) mass is 358 g/mol. The average Bonchev–Trinajstić information content (AvgIpc) is 3.07. The Hall–Kier alpha value is -2.68. The van der Waals surface area contributed by atoms with E-state index in [4.69, 9.17) is 5.73 Å². The summed E-state index contributed by atoms with van der Waals surface area (Å²) in [5.74, 6) is 1.60. The van der Waals surface area contributed by atoms with E-state index in [9.17, 15) is 0 Å². The van der Waals surface area contributed by atoms with Crippen LogP contribution in [0.2, 0.25) is 0 Å². The van der Waals surface area contributed by atoms with Gasteiger partial charge in [-0.3, -0.25) is 5.10 Å². The zero-order chi connectivity index (χ0) is 15.1. The lowest BCUT2D eigenvalue weighted by Crippen LogP contribution is -2.04. The highest BCUT2D eigenvalue weighted by Gasteiger charge is 2.11. The van der Waals surface area contributed by atoms with Crippen molar-refractivity contribution in [2.24, 2.45) is 0 Å². The molecule has 4 rings (SSSR count). The molecule has 0 saturated carbocycles. The Morgan fingerprint density at radius 1 is 1.27 bits per heavy atom. The molecule has 0 atom stereocenters. The molecule has 3 heterocycles. The van der Waals surface area contributed by atoms with Gasteiger partial charge in [0.15, 0.2) is 0 Å². The van der Waals surface area contributed by atoms with Crippen LogP contribution in [-0.2, 0) is 6.54 Å². The van der Waals surface area contributed by atoms with Crippen LogP contribution >= 0.6 is 15.9 Å². The van der Waals surface area contributed by atoms with Gasteiger partial charge in [-0.05, 0) is 12.1 Å². The minimum absolute atomic E-state index is 0.224. The topological polar surface area (TPSA) is 121 Å². The van der Waals surface area contributed by atoms with Crippen LogP contribution in [0.25, 0.3) is 21.9 Å². The van der Waals surface area contributed by atoms with Crippen LogP contribution in [0, 0.1) is 0 Å². The number of hydrogen-bond acceptors (Lipinski definition) is 6. The molecule has 9 heteroatoms. The van der Waals surface area contributed by atoms with E-state index in [-0.39, 0.29) is 5.95 Å². The van der Waals surface area contributed by atoms with Gasteiger partial charge in [0.25, 0.3) is 0 Å². The Morgan fingerprint density at radius 2 is 2.18 bits per heavy atom. The van der Waals surface area contributed by atoms with E-state index in [0.717, 1.165) is 32.2 Å². The van der Waals surface area contributed by atoms with Gasteiger partial charge in [0.2, 0.25) is 5.95 Å². The highest BCUT2D eigenvalue weighted by molar-refractivity contribution is 9.10. The third-order valence-corrected chi connectivity index (χ3v) is 3.82. The number of nitrogens with one attached hydrogen (secondary N) is 3. The van der Waals surface area contributed by atoms with Crippen LogP contribution in [0.15, 0.2) is 29.0 Å². The molecule has 4 aromatic rings. The zero-order valence-electron chi connectivity index (χ0n) is 11.3. The van der Waals surface area contributed by atoms with Gasteiger partial charge in [-0.2, -0.15) is 4.98 Å². The van der Waals surface area contributed by atoms with Crippen LogP contribution in [0.4, 0.5) is 11.8 Å². The highest BCUT2D eigenvalue weighted by Crippen LogP contribution is 2.30. The summed E-state index contributed by atoms with van der Waals surface area (Å²) in [6.45, 7) is 0.444. The van der Waals surface area contributed by atoms with Crippen LogP contribution in [-0.4, -0.2) is 30.1 Å². The van der Waals surface area contributed by atoms with Crippen molar-refractivity contribution in [1.29, 1.82) is 0 Å². The smallest absolute Gasteiger partial charge is 0.239 e. The van der Waals surface area contributed by atoms with E-state index in [1.807, 2.05) is 18.2 Å². The number of nitrogens with zero attached hydrogens (tertiary/aromatic N) is 4. The molecule has 1 aromatic carbocycles. The molecule has 0 fully saturated rings. The minimum atomic E-state index is 0.224. The van der Waals surface area contributed by atoms with Crippen molar-refractivity contribution in [3.05, 3.63) is 34.8 Å². The van der Waals surface area contributed by atoms with Crippen molar-refractivity contribution < 1.29 is 0 Å². The Kier molecular flexibility index (Phi) is 2.93. The van der Waals surface area contributed by atoms with E-state index < -0.39 is 0 Å². The predicted molar refractivity (Wildman–Crippen MR) is 87.2 cm³/mol. The molecule has 0 aliphatic rings. The third kappa shape index (κ3) is 2.15. The van der Waals surface area contributed by atoms with Gasteiger partial charge in [-0.1, -0.05) is 22.0 Å². The maximum Gasteiger partial charge on any atom is 0.239 e. The van der Waals surface area contributed by atoms with Gasteiger partial charge in [0, 0.05) is 15.4 Å². The molecular weight excluding hydrogens is 348 g/mol. The first-order valence-corrected chi connectivity index (χ1v) is 7.32. The average molecular weight is 359 g/mol. The van der Waals surface area contributed by atoms with Gasteiger partial charge in [0.05, 0.1) is 11.9 Å². The highest BCUT2D eigenvalue weighted by atomic mass is 79.9. The summed E-state index contributed by atoms with van der Waals surface area (Å²) in [7, 11) is 0. The summed E-state index contributed by atoms with van der Waals surface area (Å²) in [6, 6.07) is 6.03. The summed E-state index contributed by atoms with van der Waals surface area (Å²) in [5, 5.41) is 11.8.